The van der Waals surface area contributed by atoms with E-state index in [0.29, 0.717) is 0 Å². The molecule has 0 amide bonds. The second-order valence-electron chi connectivity index (χ2n) is 6.90. The van der Waals surface area contributed by atoms with Gasteiger partial charge in [0.05, 0.1) is 0 Å². The topological polar surface area (TPSA) is 0 Å². The van der Waals surface area contributed by atoms with Crippen molar-refractivity contribution in [2.45, 2.75) is 92.2 Å². The van der Waals surface area contributed by atoms with Crippen molar-refractivity contribution in [3.63, 3.8) is 0 Å². The van der Waals surface area contributed by atoms with Crippen molar-refractivity contribution in [3.05, 3.63) is 58.7 Å². The van der Waals surface area contributed by atoms with Gasteiger partial charge < -0.3 is 0 Å². The molecular weight excluding hydrogens is 435 g/mol. The molecule has 0 bridgehead atoms. The predicted molar refractivity (Wildman–Crippen MR) is 131 cm³/mol. The summed E-state index contributed by atoms with van der Waals surface area (Å²) >= 11 is -0.556. The Kier molecular flexibility index (Phi) is 25.5. The van der Waals surface area contributed by atoms with Crippen LogP contribution in [0.1, 0.15) is 75.6 Å². The van der Waals surface area contributed by atoms with Gasteiger partial charge >= 0.3 is 35.6 Å². The van der Waals surface area contributed by atoms with Crippen LogP contribution in [0, 0.1) is 0 Å². The molecular formula is C24H41Cl2SiTi-2. The van der Waals surface area contributed by atoms with Crippen LogP contribution in [-0.2, 0) is 42.7 Å². The zero-order chi connectivity index (χ0) is 21.6. The molecule has 28 heavy (non-hydrogen) atoms. The SMILES string of the molecule is CCCc1c[cH-]c(CCC)c1.CCCc1c[cH-]c(CCC)c1.C[SiH]C.[Cl][Ti][Cl]. The molecule has 161 valence electrons. The minimum atomic E-state index is -0.556. The van der Waals surface area contributed by atoms with Crippen molar-refractivity contribution in [2.24, 2.45) is 0 Å². The second-order valence-corrected chi connectivity index (χ2v) is 10.6. The first-order valence-corrected chi connectivity index (χ1v) is 17.4. The molecule has 0 aromatic heterocycles. The van der Waals surface area contributed by atoms with Crippen molar-refractivity contribution in [1.29, 1.82) is 0 Å². The van der Waals surface area contributed by atoms with Gasteiger partial charge in [-0.1, -0.05) is 92.2 Å². The van der Waals surface area contributed by atoms with E-state index in [2.05, 4.69) is 77.2 Å². The average molecular weight is 476 g/mol. The molecule has 0 spiro atoms. The zero-order valence-electron chi connectivity index (χ0n) is 19.0. The number of aryl methyl sites for hydroxylation is 4. The van der Waals surface area contributed by atoms with Gasteiger partial charge in [0.2, 0.25) is 0 Å². The Hall–Kier alpha value is 0.211. The average Bonchev–Trinajstić information content (AvgIpc) is 3.28. The van der Waals surface area contributed by atoms with Crippen molar-refractivity contribution < 1.29 is 17.0 Å². The molecule has 0 aliphatic rings. The Labute approximate surface area is 195 Å². The number of hydrogen-bond acceptors (Lipinski definition) is 0. The van der Waals surface area contributed by atoms with Gasteiger partial charge in [-0.25, -0.2) is 12.1 Å². The molecule has 0 fully saturated rings. The van der Waals surface area contributed by atoms with Gasteiger partial charge in [0.1, 0.15) is 0 Å². The summed E-state index contributed by atoms with van der Waals surface area (Å²) in [5, 5.41) is 0. The van der Waals surface area contributed by atoms with E-state index in [4.69, 9.17) is 18.6 Å². The molecule has 0 aliphatic heterocycles. The van der Waals surface area contributed by atoms with E-state index < -0.39 is 17.0 Å². The van der Waals surface area contributed by atoms with Crippen LogP contribution in [0.4, 0.5) is 0 Å². The first-order valence-electron chi connectivity index (χ1n) is 10.8. The summed E-state index contributed by atoms with van der Waals surface area (Å²) in [6, 6.07) is 13.7. The zero-order valence-corrected chi connectivity index (χ0v) is 23.2. The molecule has 0 heterocycles. The van der Waals surface area contributed by atoms with E-state index in [1.807, 2.05) is 0 Å². The molecule has 2 aromatic rings. The molecule has 0 unspecified atom stereocenters. The van der Waals surface area contributed by atoms with E-state index in [1.54, 1.807) is 0 Å². The van der Waals surface area contributed by atoms with Crippen LogP contribution in [0.3, 0.4) is 0 Å². The molecule has 4 heteroatoms. The first kappa shape index (κ1) is 30.4. The Bertz CT molecular complexity index is 445. The molecule has 0 saturated heterocycles. The molecule has 0 atom stereocenters. The van der Waals surface area contributed by atoms with Crippen molar-refractivity contribution in [1.82, 2.24) is 0 Å². The summed E-state index contributed by atoms with van der Waals surface area (Å²) in [6.07, 6.45) is 10.00. The van der Waals surface area contributed by atoms with Crippen LogP contribution in [0.25, 0.3) is 0 Å². The number of hydrogen-bond donors (Lipinski definition) is 0. The van der Waals surface area contributed by atoms with E-state index in [1.165, 1.54) is 73.6 Å². The monoisotopic (exact) mass is 475 g/mol. The Morgan fingerprint density at radius 1 is 0.714 bits per heavy atom. The molecule has 0 nitrogen and oxygen atoms in total. The fourth-order valence-electron chi connectivity index (χ4n) is 2.87. The Morgan fingerprint density at radius 3 is 1.25 bits per heavy atom. The molecule has 1 radical (unpaired) electrons. The number of halogens is 2. The van der Waals surface area contributed by atoms with E-state index in [9.17, 15) is 0 Å². The molecule has 0 N–H and O–H groups in total. The Balaban J connectivity index is 0. The molecule has 0 saturated carbocycles. The third-order valence-electron chi connectivity index (χ3n) is 3.92. The summed E-state index contributed by atoms with van der Waals surface area (Å²) < 4.78 is 0. The van der Waals surface area contributed by atoms with Gasteiger partial charge in [-0.2, -0.15) is 46.5 Å². The van der Waals surface area contributed by atoms with E-state index >= 15 is 0 Å². The maximum atomic E-state index is 4.89. The van der Waals surface area contributed by atoms with Crippen LogP contribution < -0.4 is 0 Å². The van der Waals surface area contributed by atoms with Gasteiger partial charge in [-0.3, -0.25) is 0 Å². The fourth-order valence-corrected chi connectivity index (χ4v) is 2.87. The van der Waals surface area contributed by atoms with Crippen molar-refractivity contribution in [2.75, 3.05) is 0 Å². The van der Waals surface area contributed by atoms with E-state index in [-0.39, 0.29) is 0 Å². The summed E-state index contributed by atoms with van der Waals surface area (Å²) in [6.45, 7) is 13.3. The summed E-state index contributed by atoms with van der Waals surface area (Å²) in [5.41, 5.74) is 6.04. The third-order valence-corrected chi connectivity index (χ3v) is 3.92. The third kappa shape index (κ3) is 18.3. The van der Waals surface area contributed by atoms with Gasteiger partial charge in [0, 0.05) is 9.52 Å². The maximum absolute atomic E-state index is 4.89. The van der Waals surface area contributed by atoms with Gasteiger partial charge in [-0.05, 0) is 0 Å². The van der Waals surface area contributed by atoms with Crippen LogP contribution in [0.15, 0.2) is 36.4 Å². The second kappa shape index (κ2) is 23.5. The molecule has 2 aromatic carbocycles. The molecule has 2 rings (SSSR count). The predicted octanol–water partition coefficient (Wildman–Crippen LogP) is 8.52. The van der Waals surface area contributed by atoms with Crippen LogP contribution in [-0.4, -0.2) is 9.52 Å². The standard InChI is InChI=1S/2C11H17.C2H7Si.2ClH.Ti/c2*1-3-5-10-7-8-11(9-10)6-4-2;1-3-2;;;/h2*7-9H,3-6H2,1-2H3;3H,1-2H3;2*1H;/q2*-1;;;;+2/p-2. The van der Waals surface area contributed by atoms with Gasteiger partial charge in [-0.15, -0.1) is 0 Å². The minimum absolute atomic E-state index is 0.556. The van der Waals surface area contributed by atoms with Crippen molar-refractivity contribution >= 4 is 28.1 Å². The van der Waals surface area contributed by atoms with Crippen LogP contribution >= 0.6 is 18.6 Å². The normalized spacial score (nSPS) is 9.29. The Morgan fingerprint density at radius 2 is 1.00 bits per heavy atom. The summed E-state index contributed by atoms with van der Waals surface area (Å²) in [4.78, 5) is 0. The van der Waals surface area contributed by atoms with Crippen LogP contribution in [0.5, 0.6) is 0 Å². The van der Waals surface area contributed by atoms with Gasteiger partial charge in [0.25, 0.3) is 0 Å². The summed E-state index contributed by atoms with van der Waals surface area (Å²) in [5.74, 6) is 0. The summed E-state index contributed by atoms with van der Waals surface area (Å²) in [7, 11) is 10.5. The fraction of sp³-hybridized carbons (Fsp3) is 0.583. The van der Waals surface area contributed by atoms with Crippen LogP contribution in [0.2, 0.25) is 13.1 Å². The molecule has 0 aliphatic carbocycles. The van der Waals surface area contributed by atoms with E-state index in [0.717, 1.165) is 9.52 Å². The quantitative estimate of drug-likeness (QED) is 0.265. The number of rotatable bonds is 8. The van der Waals surface area contributed by atoms with Crippen molar-refractivity contribution in [3.8, 4) is 0 Å². The first-order chi connectivity index (χ1) is 13.6. The van der Waals surface area contributed by atoms with Gasteiger partial charge in [0.15, 0.2) is 0 Å².